The Morgan fingerprint density at radius 2 is 2.07 bits per heavy atom. The van der Waals surface area contributed by atoms with E-state index in [4.69, 9.17) is 5.11 Å². The Kier molecular flexibility index (Phi) is 2.81. The van der Waals surface area contributed by atoms with E-state index in [1.165, 1.54) is 13.0 Å². The van der Waals surface area contributed by atoms with Crippen LogP contribution in [-0.2, 0) is 4.79 Å². The maximum absolute atomic E-state index is 10.7. The highest BCUT2D eigenvalue weighted by Gasteiger charge is 2.12. The van der Waals surface area contributed by atoms with Crippen molar-refractivity contribution in [2.75, 3.05) is 5.32 Å². The van der Waals surface area contributed by atoms with Crippen LogP contribution in [0.3, 0.4) is 0 Å². The van der Waals surface area contributed by atoms with E-state index in [-0.39, 0.29) is 17.3 Å². The molecule has 1 aromatic heterocycles. The molecule has 0 aliphatic rings. The van der Waals surface area contributed by atoms with Crippen LogP contribution in [0.1, 0.15) is 23.1 Å². The lowest BCUT2D eigenvalue weighted by Gasteiger charge is -2.05. The van der Waals surface area contributed by atoms with Gasteiger partial charge in [-0.05, 0) is 19.1 Å². The van der Waals surface area contributed by atoms with E-state index in [0.29, 0.717) is 5.69 Å². The van der Waals surface area contributed by atoms with Crippen molar-refractivity contribution in [2.24, 2.45) is 0 Å². The van der Waals surface area contributed by atoms with Crippen molar-refractivity contribution in [3.05, 3.63) is 23.5 Å². The number of hydrogen-bond donors (Lipinski definition) is 2. The second-order valence-corrected chi connectivity index (χ2v) is 2.84. The topological polar surface area (TPSA) is 79.3 Å². The second-order valence-electron chi connectivity index (χ2n) is 2.84. The molecule has 0 aliphatic heterocycles. The Morgan fingerprint density at radius 1 is 1.43 bits per heavy atom. The first-order valence-electron chi connectivity index (χ1n) is 3.99. The Morgan fingerprint density at radius 3 is 2.57 bits per heavy atom. The van der Waals surface area contributed by atoms with Crippen LogP contribution in [0.2, 0.25) is 0 Å². The molecular weight excluding hydrogens is 184 g/mol. The number of carboxylic acids is 1. The normalized spacial score (nSPS) is 9.57. The summed E-state index contributed by atoms with van der Waals surface area (Å²) in [5.74, 6) is -1.48. The van der Waals surface area contributed by atoms with E-state index in [2.05, 4.69) is 10.3 Å². The molecule has 14 heavy (non-hydrogen) atoms. The van der Waals surface area contributed by atoms with Crippen LogP contribution in [0.15, 0.2) is 12.1 Å². The minimum Gasteiger partial charge on any atom is -0.476 e. The summed E-state index contributed by atoms with van der Waals surface area (Å²) in [6, 6.07) is 3.16. The lowest BCUT2D eigenvalue weighted by molar-refractivity contribution is -0.114. The highest BCUT2D eigenvalue weighted by Crippen LogP contribution is 2.13. The first kappa shape index (κ1) is 10.2. The van der Waals surface area contributed by atoms with Gasteiger partial charge in [-0.3, -0.25) is 4.79 Å². The summed E-state index contributed by atoms with van der Waals surface area (Å²) in [5.41, 5.74) is 0.673. The number of carbonyl (C=O) groups is 2. The molecule has 0 saturated heterocycles. The molecule has 0 spiro atoms. The molecule has 0 unspecified atom stereocenters. The van der Waals surface area contributed by atoms with E-state index >= 15 is 0 Å². The van der Waals surface area contributed by atoms with Crippen LogP contribution in [0.4, 0.5) is 5.69 Å². The number of hydrogen-bond acceptors (Lipinski definition) is 3. The van der Waals surface area contributed by atoms with Gasteiger partial charge in [0.1, 0.15) is 0 Å². The van der Waals surface area contributed by atoms with Crippen LogP contribution >= 0.6 is 0 Å². The van der Waals surface area contributed by atoms with Crippen molar-refractivity contribution < 1.29 is 14.7 Å². The number of aryl methyl sites for hydroxylation is 1. The fourth-order valence-electron chi connectivity index (χ4n) is 1.01. The number of anilines is 1. The molecule has 1 heterocycles. The predicted octanol–water partition coefficient (Wildman–Crippen LogP) is 1.05. The first-order valence-corrected chi connectivity index (χ1v) is 3.99. The van der Waals surface area contributed by atoms with E-state index in [0.717, 1.165) is 0 Å². The quantitative estimate of drug-likeness (QED) is 0.737. The number of nitrogens with one attached hydrogen (secondary N) is 1. The molecule has 0 aliphatic carbocycles. The summed E-state index contributed by atoms with van der Waals surface area (Å²) in [4.78, 5) is 25.3. The third kappa shape index (κ3) is 2.29. The molecule has 2 N–H and O–H groups in total. The van der Waals surface area contributed by atoms with Crippen molar-refractivity contribution in [1.29, 1.82) is 0 Å². The van der Waals surface area contributed by atoms with Gasteiger partial charge in [-0.15, -0.1) is 0 Å². The summed E-state index contributed by atoms with van der Waals surface area (Å²) in [7, 11) is 0. The molecule has 1 amide bonds. The van der Waals surface area contributed by atoms with E-state index in [1.807, 2.05) is 0 Å². The summed E-state index contributed by atoms with van der Waals surface area (Å²) in [5, 5.41) is 11.2. The van der Waals surface area contributed by atoms with Gasteiger partial charge in [0, 0.05) is 12.6 Å². The summed E-state index contributed by atoms with van der Waals surface area (Å²) < 4.78 is 0. The number of rotatable bonds is 2. The number of pyridine rings is 1. The highest BCUT2D eigenvalue weighted by atomic mass is 16.4. The van der Waals surface area contributed by atoms with Crippen molar-refractivity contribution >= 4 is 17.6 Å². The number of nitrogens with zero attached hydrogens (tertiary/aromatic N) is 1. The number of aromatic carboxylic acids is 1. The molecule has 74 valence electrons. The van der Waals surface area contributed by atoms with Crippen molar-refractivity contribution in [3.8, 4) is 0 Å². The van der Waals surface area contributed by atoms with E-state index < -0.39 is 5.97 Å². The zero-order chi connectivity index (χ0) is 10.7. The maximum Gasteiger partial charge on any atom is 0.356 e. The van der Waals surface area contributed by atoms with Gasteiger partial charge in [-0.1, -0.05) is 0 Å². The monoisotopic (exact) mass is 194 g/mol. The lowest BCUT2D eigenvalue weighted by atomic mass is 10.2. The zero-order valence-corrected chi connectivity index (χ0v) is 7.87. The van der Waals surface area contributed by atoms with Gasteiger partial charge in [0.25, 0.3) is 0 Å². The Hall–Kier alpha value is -1.91. The molecule has 5 heteroatoms. The predicted molar refractivity (Wildman–Crippen MR) is 50.2 cm³/mol. The van der Waals surface area contributed by atoms with Crippen LogP contribution in [0.25, 0.3) is 0 Å². The van der Waals surface area contributed by atoms with Crippen molar-refractivity contribution in [1.82, 2.24) is 4.98 Å². The summed E-state index contributed by atoms with van der Waals surface area (Å²) >= 11 is 0. The molecule has 0 radical (unpaired) electrons. The standard InChI is InChI=1S/C9H10N2O3/c1-5-3-4-7(11-6(2)12)8(10-5)9(13)14/h3-4H,1-2H3,(H,11,12)(H,13,14). The van der Waals surface area contributed by atoms with Crippen molar-refractivity contribution in [2.45, 2.75) is 13.8 Å². The molecule has 0 fully saturated rings. The molecule has 1 aromatic rings. The van der Waals surface area contributed by atoms with Gasteiger partial charge < -0.3 is 10.4 Å². The Labute approximate surface area is 80.8 Å². The molecule has 1 rings (SSSR count). The smallest absolute Gasteiger partial charge is 0.356 e. The Bertz CT molecular complexity index is 388. The zero-order valence-electron chi connectivity index (χ0n) is 7.87. The first-order chi connectivity index (χ1) is 6.50. The summed E-state index contributed by atoms with van der Waals surface area (Å²) in [6.45, 7) is 3.00. The third-order valence-electron chi connectivity index (χ3n) is 1.55. The molecule has 5 nitrogen and oxygen atoms in total. The Balaban J connectivity index is 3.14. The number of carboxylic acid groups (broad SMARTS) is 1. The third-order valence-corrected chi connectivity index (χ3v) is 1.55. The van der Waals surface area contributed by atoms with Gasteiger partial charge in [0.05, 0.1) is 5.69 Å². The van der Waals surface area contributed by atoms with Gasteiger partial charge in [0.2, 0.25) is 5.91 Å². The van der Waals surface area contributed by atoms with Crippen molar-refractivity contribution in [3.63, 3.8) is 0 Å². The number of amides is 1. The molecule has 0 atom stereocenters. The van der Waals surface area contributed by atoms with Crippen LogP contribution in [-0.4, -0.2) is 22.0 Å². The fourth-order valence-corrected chi connectivity index (χ4v) is 1.01. The van der Waals surface area contributed by atoms with Gasteiger partial charge in [-0.2, -0.15) is 0 Å². The second kappa shape index (κ2) is 3.87. The van der Waals surface area contributed by atoms with E-state index in [1.54, 1.807) is 13.0 Å². The molecule has 0 bridgehead atoms. The van der Waals surface area contributed by atoms with Crippen LogP contribution in [0.5, 0.6) is 0 Å². The van der Waals surface area contributed by atoms with Crippen LogP contribution in [0, 0.1) is 6.92 Å². The fraction of sp³-hybridized carbons (Fsp3) is 0.222. The van der Waals surface area contributed by atoms with Gasteiger partial charge >= 0.3 is 5.97 Å². The van der Waals surface area contributed by atoms with Gasteiger partial charge in [0.15, 0.2) is 5.69 Å². The van der Waals surface area contributed by atoms with Crippen LogP contribution < -0.4 is 5.32 Å². The minimum atomic E-state index is -1.16. The SMILES string of the molecule is CC(=O)Nc1ccc(C)nc1C(=O)O. The minimum absolute atomic E-state index is 0.139. The largest absolute Gasteiger partial charge is 0.476 e. The average Bonchev–Trinajstić information content (AvgIpc) is 2.07. The lowest BCUT2D eigenvalue weighted by Crippen LogP contribution is -2.12. The molecular formula is C9H10N2O3. The number of aromatic nitrogens is 1. The highest BCUT2D eigenvalue weighted by molar-refractivity contribution is 5.98. The average molecular weight is 194 g/mol. The molecule has 0 aromatic carbocycles. The van der Waals surface area contributed by atoms with Gasteiger partial charge in [-0.25, -0.2) is 9.78 Å². The van der Waals surface area contributed by atoms with E-state index in [9.17, 15) is 9.59 Å². The summed E-state index contributed by atoms with van der Waals surface area (Å²) in [6.07, 6.45) is 0. The molecule has 0 saturated carbocycles. The number of carbonyl (C=O) groups excluding carboxylic acids is 1. The maximum atomic E-state index is 10.7.